The molecule has 0 amide bonds. The molecule has 2 rings (SSSR count). The topological polar surface area (TPSA) is 124 Å². The monoisotopic (exact) mass is 297 g/mol. The third-order valence-corrected chi connectivity index (χ3v) is 2.92. The zero-order valence-electron chi connectivity index (χ0n) is 11.4. The van der Waals surface area contributed by atoms with Crippen molar-refractivity contribution in [3.8, 4) is 23.1 Å². The second kappa shape index (κ2) is 6.45. The van der Waals surface area contributed by atoms with Crippen LogP contribution in [0.15, 0.2) is 30.6 Å². The summed E-state index contributed by atoms with van der Waals surface area (Å²) in [4.78, 5) is 30.5. The van der Waals surface area contributed by atoms with Gasteiger partial charge in [-0.1, -0.05) is 0 Å². The van der Waals surface area contributed by atoms with E-state index in [1.165, 1.54) is 18.5 Å². The summed E-state index contributed by atoms with van der Waals surface area (Å²) in [5.74, 6) is -2.29. The van der Waals surface area contributed by atoms with Gasteiger partial charge in [-0.3, -0.25) is 14.6 Å². The lowest BCUT2D eigenvalue weighted by molar-refractivity contribution is -0.136. The van der Waals surface area contributed by atoms with Crippen molar-refractivity contribution in [3.63, 3.8) is 0 Å². The summed E-state index contributed by atoms with van der Waals surface area (Å²) in [7, 11) is 0. The number of nitrogens with zero attached hydrogens (tertiary/aromatic N) is 3. The number of hydrogen-bond donors (Lipinski definition) is 2. The second-order valence-corrected chi connectivity index (χ2v) is 4.42. The van der Waals surface area contributed by atoms with Gasteiger partial charge in [0.25, 0.3) is 0 Å². The fourth-order valence-electron chi connectivity index (χ4n) is 1.83. The first-order valence-corrected chi connectivity index (χ1v) is 6.32. The number of aliphatic carboxylic acids is 1. The Kier molecular flexibility index (Phi) is 4.44. The van der Waals surface area contributed by atoms with E-state index < -0.39 is 17.5 Å². The van der Waals surface area contributed by atoms with Crippen LogP contribution < -0.4 is 0 Å². The Hall–Kier alpha value is -3.27. The van der Waals surface area contributed by atoms with Gasteiger partial charge >= 0.3 is 5.97 Å². The number of carboxylic acids is 1. The van der Waals surface area contributed by atoms with E-state index in [-0.39, 0.29) is 24.1 Å². The van der Waals surface area contributed by atoms with Crippen LogP contribution in [0.1, 0.15) is 28.9 Å². The number of aromatic hydroxyl groups is 1. The molecular formula is C15H11N3O4. The Morgan fingerprint density at radius 3 is 2.50 bits per heavy atom. The number of nitriles is 1. The maximum Gasteiger partial charge on any atom is 0.303 e. The molecule has 0 radical (unpaired) electrons. The molecule has 2 aromatic rings. The Bertz CT molecular complexity index is 766. The molecule has 0 aliphatic heterocycles. The summed E-state index contributed by atoms with van der Waals surface area (Å²) in [6.45, 7) is 0. The Morgan fingerprint density at radius 2 is 1.91 bits per heavy atom. The predicted octanol–water partition coefficient (Wildman–Crippen LogP) is 1.77. The number of pyridine rings is 2. The number of ketones is 1. The molecule has 0 spiro atoms. The molecule has 0 bridgehead atoms. The molecule has 0 atom stereocenters. The quantitative estimate of drug-likeness (QED) is 0.805. The van der Waals surface area contributed by atoms with Crippen molar-refractivity contribution in [3.05, 3.63) is 41.9 Å². The number of aromatic nitrogens is 2. The summed E-state index contributed by atoms with van der Waals surface area (Å²) in [5.41, 5.74) is 0.557. The van der Waals surface area contributed by atoms with Crippen LogP contribution in [-0.2, 0) is 4.79 Å². The van der Waals surface area contributed by atoms with Crippen LogP contribution in [0.5, 0.6) is 5.75 Å². The van der Waals surface area contributed by atoms with E-state index in [0.29, 0.717) is 11.3 Å². The average Bonchev–Trinajstić information content (AvgIpc) is 2.53. The molecule has 110 valence electrons. The molecule has 0 unspecified atom stereocenters. The smallest absolute Gasteiger partial charge is 0.303 e. The molecular weight excluding hydrogens is 286 g/mol. The van der Waals surface area contributed by atoms with Crippen LogP contribution in [0, 0.1) is 11.3 Å². The first kappa shape index (κ1) is 15.1. The van der Waals surface area contributed by atoms with Crippen molar-refractivity contribution in [2.45, 2.75) is 12.8 Å². The lowest BCUT2D eigenvalue weighted by atomic mass is 10.0. The van der Waals surface area contributed by atoms with Gasteiger partial charge in [0.05, 0.1) is 17.7 Å². The maximum absolute atomic E-state index is 12.0. The summed E-state index contributed by atoms with van der Waals surface area (Å²) in [5, 5.41) is 27.6. The molecule has 0 aromatic carbocycles. The normalized spacial score (nSPS) is 9.95. The SMILES string of the molecule is N#Cc1cc(-c2ccncc2)nc(C(=O)CCC(=O)O)c1O. The minimum Gasteiger partial charge on any atom is -0.504 e. The second-order valence-electron chi connectivity index (χ2n) is 4.42. The van der Waals surface area contributed by atoms with Crippen LogP contribution >= 0.6 is 0 Å². The average molecular weight is 297 g/mol. The van der Waals surface area contributed by atoms with Gasteiger partial charge in [0.15, 0.2) is 11.5 Å². The lowest BCUT2D eigenvalue weighted by Gasteiger charge is -2.08. The summed E-state index contributed by atoms with van der Waals surface area (Å²) in [6, 6.07) is 6.44. The van der Waals surface area contributed by atoms with E-state index >= 15 is 0 Å². The van der Waals surface area contributed by atoms with Crippen LogP contribution in [0.2, 0.25) is 0 Å². The molecule has 2 heterocycles. The molecule has 0 aliphatic rings. The van der Waals surface area contributed by atoms with E-state index in [0.717, 1.165) is 0 Å². The van der Waals surface area contributed by atoms with Gasteiger partial charge in [0.1, 0.15) is 11.8 Å². The highest BCUT2D eigenvalue weighted by molar-refractivity contribution is 5.99. The van der Waals surface area contributed by atoms with Crippen molar-refractivity contribution < 1.29 is 19.8 Å². The van der Waals surface area contributed by atoms with Gasteiger partial charge in [-0.25, -0.2) is 4.98 Å². The predicted molar refractivity (Wildman–Crippen MR) is 75.0 cm³/mol. The minimum absolute atomic E-state index is 0.0968. The van der Waals surface area contributed by atoms with Crippen molar-refractivity contribution in [1.82, 2.24) is 9.97 Å². The summed E-state index contributed by atoms with van der Waals surface area (Å²) in [6.07, 6.45) is 2.38. The highest BCUT2D eigenvalue weighted by Crippen LogP contribution is 2.27. The number of carbonyl (C=O) groups excluding carboxylic acids is 1. The number of carboxylic acid groups (broad SMARTS) is 1. The number of hydrogen-bond acceptors (Lipinski definition) is 6. The van der Waals surface area contributed by atoms with E-state index in [2.05, 4.69) is 9.97 Å². The first-order chi connectivity index (χ1) is 10.5. The third-order valence-electron chi connectivity index (χ3n) is 2.92. The minimum atomic E-state index is -1.13. The van der Waals surface area contributed by atoms with Crippen LogP contribution in [-0.4, -0.2) is 31.9 Å². The fourth-order valence-corrected chi connectivity index (χ4v) is 1.83. The highest BCUT2D eigenvalue weighted by atomic mass is 16.4. The van der Waals surface area contributed by atoms with Gasteiger partial charge in [-0.2, -0.15) is 5.26 Å². The maximum atomic E-state index is 12.0. The van der Waals surface area contributed by atoms with Gasteiger partial charge < -0.3 is 10.2 Å². The number of carbonyl (C=O) groups is 2. The van der Waals surface area contributed by atoms with Crippen molar-refractivity contribution in [2.24, 2.45) is 0 Å². The third kappa shape index (κ3) is 3.24. The number of Topliss-reactive ketones (excluding diaryl/α,β-unsaturated/α-hetero) is 1. The zero-order chi connectivity index (χ0) is 16.1. The van der Waals surface area contributed by atoms with Crippen molar-refractivity contribution in [1.29, 1.82) is 5.26 Å². The molecule has 7 nitrogen and oxygen atoms in total. The van der Waals surface area contributed by atoms with Gasteiger partial charge in [-0.05, 0) is 18.2 Å². The summed E-state index contributed by atoms with van der Waals surface area (Å²) < 4.78 is 0. The van der Waals surface area contributed by atoms with Crippen molar-refractivity contribution >= 4 is 11.8 Å². The highest BCUT2D eigenvalue weighted by Gasteiger charge is 2.19. The molecule has 2 N–H and O–H groups in total. The van der Waals surface area contributed by atoms with E-state index in [9.17, 15) is 14.7 Å². The lowest BCUT2D eigenvalue weighted by Crippen LogP contribution is -2.07. The van der Waals surface area contributed by atoms with Gasteiger partial charge in [0.2, 0.25) is 0 Å². The molecule has 2 aromatic heterocycles. The van der Waals surface area contributed by atoms with Crippen LogP contribution in [0.25, 0.3) is 11.3 Å². The molecule has 0 saturated carbocycles. The van der Waals surface area contributed by atoms with E-state index in [4.69, 9.17) is 10.4 Å². The largest absolute Gasteiger partial charge is 0.504 e. The van der Waals surface area contributed by atoms with Crippen LogP contribution in [0.3, 0.4) is 0 Å². The Morgan fingerprint density at radius 1 is 1.23 bits per heavy atom. The van der Waals surface area contributed by atoms with E-state index in [1.807, 2.05) is 0 Å². The molecule has 22 heavy (non-hydrogen) atoms. The zero-order valence-corrected chi connectivity index (χ0v) is 11.4. The fraction of sp³-hybridized carbons (Fsp3) is 0.133. The van der Waals surface area contributed by atoms with E-state index in [1.54, 1.807) is 18.2 Å². The molecule has 0 saturated heterocycles. The summed E-state index contributed by atoms with van der Waals surface area (Å²) >= 11 is 0. The molecule has 7 heteroatoms. The molecule has 0 aliphatic carbocycles. The Labute approximate surface area is 125 Å². The van der Waals surface area contributed by atoms with Gasteiger partial charge in [0, 0.05) is 24.4 Å². The standard InChI is InChI=1S/C15H11N3O4/c16-8-10-7-11(9-3-5-17-6-4-9)18-14(15(10)22)12(19)1-2-13(20)21/h3-7,22H,1-2H2,(H,20,21). The van der Waals surface area contributed by atoms with Crippen LogP contribution in [0.4, 0.5) is 0 Å². The van der Waals surface area contributed by atoms with Gasteiger partial charge in [-0.15, -0.1) is 0 Å². The first-order valence-electron chi connectivity index (χ1n) is 6.32. The number of rotatable bonds is 5. The Balaban J connectivity index is 2.47. The molecule has 0 fully saturated rings. The van der Waals surface area contributed by atoms with Crippen molar-refractivity contribution in [2.75, 3.05) is 0 Å².